The van der Waals surface area contributed by atoms with Gasteiger partial charge in [0, 0.05) is 11.1 Å². The molecule has 1 aliphatic carbocycles. The highest BCUT2D eigenvalue weighted by Gasteiger charge is 2.13. The number of halogens is 1. The predicted molar refractivity (Wildman–Crippen MR) is 116 cm³/mol. The quantitative estimate of drug-likeness (QED) is 0.244. The van der Waals surface area contributed by atoms with E-state index in [4.69, 9.17) is 28.6 Å². The number of rotatable bonds is 5. The highest BCUT2D eigenvalue weighted by Crippen LogP contribution is 2.17. The Balaban J connectivity index is 1.47. The number of thiocarbonyl (C=S) groups is 1. The van der Waals surface area contributed by atoms with Gasteiger partial charge in [0.1, 0.15) is 5.75 Å². The van der Waals surface area contributed by atoms with Crippen molar-refractivity contribution in [2.45, 2.75) is 38.1 Å². The van der Waals surface area contributed by atoms with Crippen LogP contribution in [0.2, 0.25) is 5.02 Å². The Labute approximate surface area is 175 Å². The van der Waals surface area contributed by atoms with Crippen molar-refractivity contribution in [1.29, 1.82) is 0 Å². The van der Waals surface area contributed by atoms with Crippen LogP contribution >= 0.6 is 23.8 Å². The van der Waals surface area contributed by atoms with Gasteiger partial charge in [-0.15, -0.1) is 0 Å². The second-order valence-electron chi connectivity index (χ2n) is 6.64. The van der Waals surface area contributed by atoms with E-state index in [1.54, 1.807) is 42.6 Å². The van der Waals surface area contributed by atoms with E-state index in [1.807, 2.05) is 12.1 Å². The summed E-state index contributed by atoms with van der Waals surface area (Å²) in [6.45, 7) is 0. The summed E-state index contributed by atoms with van der Waals surface area (Å²) in [7, 11) is 0. The molecule has 0 radical (unpaired) electrons. The molecule has 0 spiro atoms. The van der Waals surface area contributed by atoms with Crippen molar-refractivity contribution in [2.24, 2.45) is 5.10 Å². The molecular formula is C21H22ClN3O2S. The van der Waals surface area contributed by atoms with Crippen LogP contribution in [0.1, 0.15) is 48.0 Å². The maximum atomic E-state index is 12.1. The number of nitrogens with one attached hydrogen (secondary N) is 2. The van der Waals surface area contributed by atoms with Gasteiger partial charge in [0.25, 0.3) is 0 Å². The van der Waals surface area contributed by atoms with E-state index < -0.39 is 5.97 Å². The Morgan fingerprint density at radius 2 is 1.75 bits per heavy atom. The van der Waals surface area contributed by atoms with Gasteiger partial charge in [0.15, 0.2) is 5.11 Å². The van der Waals surface area contributed by atoms with Crippen molar-refractivity contribution in [3.05, 3.63) is 64.7 Å². The van der Waals surface area contributed by atoms with Gasteiger partial charge in [-0.25, -0.2) is 4.79 Å². The van der Waals surface area contributed by atoms with E-state index in [0.717, 1.165) is 18.4 Å². The molecule has 2 N–H and O–H groups in total. The number of nitrogens with zero attached hydrogens (tertiary/aromatic N) is 1. The molecule has 1 aliphatic rings. The van der Waals surface area contributed by atoms with Crippen LogP contribution in [0.15, 0.2) is 53.6 Å². The Kier molecular flexibility index (Phi) is 7.39. The molecule has 146 valence electrons. The Morgan fingerprint density at radius 1 is 1.07 bits per heavy atom. The van der Waals surface area contributed by atoms with E-state index in [2.05, 4.69) is 15.8 Å². The molecule has 0 bridgehead atoms. The molecule has 0 unspecified atom stereocenters. The van der Waals surface area contributed by atoms with Crippen LogP contribution in [-0.4, -0.2) is 23.3 Å². The van der Waals surface area contributed by atoms with E-state index in [0.29, 0.717) is 27.5 Å². The van der Waals surface area contributed by atoms with Gasteiger partial charge in [-0.3, -0.25) is 5.43 Å². The van der Waals surface area contributed by atoms with Gasteiger partial charge >= 0.3 is 5.97 Å². The van der Waals surface area contributed by atoms with Crippen molar-refractivity contribution >= 4 is 41.1 Å². The second kappa shape index (κ2) is 10.2. The lowest BCUT2D eigenvalue weighted by Gasteiger charge is -2.23. The summed E-state index contributed by atoms with van der Waals surface area (Å²) < 4.78 is 5.35. The SMILES string of the molecule is O=C(Oc1ccc(C=NNC(=S)NC2CCCCC2)cc1)c1ccc(Cl)cc1. The number of esters is 1. The van der Waals surface area contributed by atoms with E-state index in [1.165, 1.54) is 19.3 Å². The maximum absolute atomic E-state index is 12.1. The van der Waals surface area contributed by atoms with Crippen molar-refractivity contribution in [1.82, 2.24) is 10.7 Å². The lowest BCUT2D eigenvalue weighted by atomic mass is 9.96. The fourth-order valence-corrected chi connectivity index (χ4v) is 3.35. The number of carbonyl (C=O) groups excluding carboxylic acids is 1. The van der Waals surface area contributed by atoms with Crippen LogP contribution in [0, 0.1) is 0 Å². The first-order valence-corrected chi connectivity index (χ1v) is 10.1. The van der Waals surface area contributed by atoms with Gasteiger partial charge in [0.2, 0.25) is 0 Å². The summed E-state index contributed by atoms with van der Waals surface area (Å²) in [6.07, 6.45) is 7.78. The molecule has 3 rings (SSSR count). The standard InChI is InChI=1S/C21H22ClN3O2S/c22-17-10-8-16(9-11-17)20(26)27-19-12-6-15(7-13-19)14-23-25-21(28)24-18-4-2-1-3-5-18/h6-14,18H,1-5H2,(H2,24,25,28). The minimum Gasteiger partial charge on any atom is -0.423 e. The monoisotopic (exact) mass is 415 g/mol. The normalized spacial score (nSPS) is 14.6. The highest BCUT2D eigenvalue weighted by atomic mass is 35.5. The van der Waals surface area contributed by atoms with Crippen molar-refractivity contribution < 1.29 is 9.53 Å². The number of hydrogen-bond acceptors (Lipinski definition) is 4. The topological polar surface area (TPSA) is 62.7 Å². The third-order valence-electron chi connectivity index (χ3n) is 4.49. The lowest BCUT2D eigenvalue weighted by molar-refractivity contribution is 0.0735. The smallest absolute Gasteiger partial charge is 0.343 e. The summed E-state index contributed by atoms with van der Waals surface area (Å²) in [4.78, 5) is 12.1. The largest absolute Gasteiger partial charge is 0.423 e. The fourth-order valence-electron chi connectivity index (χ4n) is 3.00. The Morgan fingerprint density at radius 3 is 2.43 bits per heavy atom. The summed E-state index contributed by atoms with van der Waals surface area (Å²) >= 11 is 11.1. The van der Waals surface area contributed by atoms with Gasteiger partial charge in [-0.2, -0.15) is 5.10 Å². The third-order valence-corrected chi connectivity index (χ3v) is 4.95. The molecule has 0 heterocycles. The molecule has 0 atom stereocenters. The number of carbonyl (C=O) groups is 1. The van der Waals surface area contributed by atoms with Gasteiger partial charge in [0.05, 0.1) is 11.8 Å². The molecule has 5 nitrogen and oxygen atoms in total. The maximum Gasteiger partial charge on any atom is 0.343 e. The van der Waals surface area contributed by atoms with Crippen molar-refractivity contribution in [2.75, 3.05) is 0 Å². The van der Waals surface area contributed by atoms with E-state index >= 15 is 0 Å². The average molecular weight is 416 g/mol. The van der Waals surface area contributed by atoms with Crippen molar-refractivity contribution in [3.63, 3.8) is 0 Å². The molecule has 2 aromatic rings. The van der Waals surface area contributed by atoms with E-state index in [9.17, 15) is 4.79 Å². The summed E-state index contributed by atoms with van der Waals surface area (Å²) in [6, 6.07) is 14.1. The first kappa shape index (κ1) is 20.3. The summed E-state index contributed by atoms with van der Waals surface area (Å²) in [5.74, 6) is 0.0263. The predicted octanol–water partition coefficient (Wildman–Crippen LogP) is 4.69. The zero-order chi connectivity index (χ0) is 19.8. The first-order valence-electron chi connectivity index (χ1n) is 9.27. The summed E-state index contributed by atoms with van der Waals surface area (Å²) in [5.41, 5.74) is 4.15. The zero-order valence-corrected chi connectivity index (χ0v) is 16.9. The van der Waals surface area contributed by atoms with E-state index in [-0.39, 0.29) is 0 Å². The molecule has 28 heavy (non-hydrogen) atoms. The van der Waals surface area contributed by atoms with Crippen LogP contribution < -0.4 is 15.5 Å². The number of benzene rings is 2. The average Bonchev–Trinajstić information content (AvgIpc) is 2.70. The van der Waals surface area contributed by atoms with Crippen molar-refractivity contribution in [3.8, 4) is 5.75 Å². The number of hydrazone groups is 1. The van der Waals surface area contributed by atoms with Crippen LogP contribution in [0.5, 0.6) is 5.75 Å². The van der Waals surface area contributed by atoms with Crippen LogP contribution in [-0.2, 0) is 0 Å². The number of ether oxygens (including phenoxy) is 1. The third kappa shape index (κ3) is 6.32. The molecule has 0 amide bonds. The molecule has 0 aliphatic heterocycles. The highest BCUT2D eigenvalue weighted by molar-refractivity contribution is 7.80. The molecule has 0 saturated heterocycles. The fraction of sp³-hybridized carbons (Fsp3) is 0.286. The molecule has 2 aromatic carbocycles. The van der Waals surface area contributed by atoms with Gasteiger partial charge in [-0.1, -0.05) is 30.9 Å². The minimum atomic E-state index is -0.432. The van der Waals surface area contributed by atoms with Crippen LogP contribution in [0.4, 0.5) is 0 Å². The number of hydrogen-bond donors (Lipinski definition) is 2. The van der Waals surface area contributed by atoms with Gasteiger partial charge in [-0.05, 0) is 79.2 Å². The van der Waals surface area contributed by atoms with Crippen LogP contribution in [0.3, 0.4) is 0 Å². The molecule has 1 fully saturated rings. The first-order chi connectivity index (χ1) is 13.6. The second-order valence-corrected chi connectivity index (χ2v) is 7.49. The lowest BCUT2D eigenvalue weighted by Crippen LogP contribution is -2.40. The van der Waals surface area contributed by atoms with Gasteiger partial charge < -0.3 is 10.1 Å². The molecular weight excluding hydrogens is 394 g/mol. The zero-order valence-electron chi connectivity index (χ0n) is 15.4. The molecule has 0 aromatic heterocycles. The minimum absolute atomic E-state index is 0.432. The Bertz CT molecular complexity index is 832. The molecule has 1 saturated carbocycles. The molecule has 7 heteroatoms. The summed E-state index contributed by atoms with van der Waals surface area (Å²) in [5, 5.41) is 8.56. The Hall–Kier alpha value is -2.44. The van der Waals surface area contributed by atoms with Crippen LogP contribution in [0.25, 0.3) is 0 Å².